The first kappa shape index (κ1) is 24.8. The molecule has 11 nitrogen and oxygen atoms in total. The predicted octanol–water partition coefficient (Wildman–Crippen LogP) is 2.94. The van der Waals surface area contributed by atoms with Crippen molar-refractivity contribution in [2.24, 2.45) is 11.8 Å². The van der Waals surface area contributed by atoms with E-state index in [0.717, 1.165) is 31.2 Å². The Balaban J connectivity index is 1.14. The molecule has 2 amide bonds. The minimum Gasteiger partial charge on any atom is -0.381 e. The molecule has 4 heterocycles. The van der Waals surface area contributed by atoms with Gasteiger partial charge in [0.2, 0.25) is 11.8 Å². The van der Waals surface area contributed by atoms with E-state index in [2.05, 4.69) is 31.0 Å². The molecule has 202 valence electrons. The standard InChI is InChI=1S/C25H29F2N7O4/c26-25(27)9-14(10-25)7-20(35)31-21(16-3-5-37-6-4-16)17-8-19-30-18(13-34(19)29-11-17)12-28-24(36)23-22(15-1-2-15)32-38-33-23/h8,11,13-16,21H,1-7,9-10,12H2,(H,28,36)(H,31,35). The van der Waals surface area contributed by atoms with Gasteiger partial charge in [0.25, 0.3) is 5.91 Å². The third-order valence-corrected chi connectivity index (χ3v) is 7.58. The van der Waals surface area contributed by atoms with Crippen LogP contribution < -0.4 is 10.6 Å². The molecule has 2 saturated carbocycles. The van der Waals surface area contributed by atoms with Crippen LogP contribution in [0.3, 0.4) is 0 Å². The molecule has 2 N–H and O–H groups in total. The van der Waals surface area contributed by atoms with Gasteiger partial charge in [0.15, 0.2) is 11.3 Å². The van der Waals surface area contributed by atoms with Crippen molar-refractivity contribution in [3.05, 3.63) is 41.1 Å². The van der Waals surface area contributed by atoms with Crippen molar-refractivity contribution < 1.29 is 27.7 Å². The highest BCUT2D eigenvalue weighted by Crippen LogP contribution is 2.44. The van der Waals surface area contributed by atoms with E-state index in [9.17, 15) is 18.4 Å². The summed E-state index contributed by atoms with van der Waals surface area (Å²) in [6.45, 7) is 1.36. The number of imidazole rings is 1. The summed E-state index contributed by atoms with van der Waals surface area (Å²) < 4.78 is 38.3. The molecule has 0 spiro atoms. The van der Waals surface area contributed by atoms with Gasteiger partial charge in [-0.05, 0) is 54.3 Å². The van der Waals surface area contributed by atoms with Gasteiger partial charge in [-0.2, -0.15) is 5.10 Å². The van der Waals surface area contributed by atoms with Gasteiger partial charge in [0.1, 0.15) is 5.69 Å². The average Bonchev–Trinajstić information content (AvgIpc) is 3.46. The largest absolute Gasteiger partial charge is 0.381 e. The number of ether oxygens (including phenoxy) is 1. The number of hydrogen-bond acceptors (Lipinski definition) is 8. The van der Waals surface area contributed by atoms with E-state index in [1.54, 1.807) is 16.9 Å². The minimum absolute atomic E-state index is 0.0850. The van der Waals surface area contributed by atoms with Crippen LogP contribution in [-0.2, 0) is 16.1 Å². The lowest BCUT2D eigenvalue weighted by atomic mass is 9.79. The summed E-state index contributed by atoms with van der Waals surface area (Å²) in [5, 5.41) is 18.0. The Morgan fingerprint density at radius 2 is 1.95 bits per heavy atom. The fourth-order valence-electron chi connectivity index (χ4n) is 5.37. The van der Waals surface area contributed by atoms with Crippen molar-refractivity contribution in [2.45, 2.75) is 69.4 Å². The van der Waals surface area contributed by atoms with E-state index in [4.69, 9.17) is 9.37 Å². The summed E-state index contributed by atoms with van der Waals surface area (Å²) in [4.78, 5) is 30.0. The SMILES string of the molecule is O=C(CC1CC(F)(F)C1)NC(c1cnn2cc(CNC(=O)c3nonc3C3CC3)nc2c1)C1CCOCC1. The number of rotatable bonds is 9. The normalized spacial score (nSPS) is 20.7. The maximum atomic E-state index is 13.2. The summed E-state index contributed by atoms with van der Waals surface area (Å²) in [7, 11) is 0. The van der Waals surface area contributed by atoms with Gasteiger partial charge in [0, 0.05) is 38.4 Å². The van der Waals surface area contributed by atoms with Crippen molar-refractivity contribution in [1.29, 1.82) is 0 Å². The third kappa shape index (κ3) is 5.38. The molecule has 0 aromatic carbocycles. The second-order valence-electron chi connectivity index (χ2n) is 10.6. The van der Waals surface area contributed by atoms with Crippen molar-refractivity contribution in [3.8, 4) is 0 Å². The van der Waals surface area contributed by atoms with Gasteiger partial charge in [-0.3, -0.25) is 9.59 Å². The molecule has 2 aliphatic carbocycles. The maximum absolute atomic E-state index is 13.2. The monoisotopic (exact) mass is 529 g/mol. The van der Waals surface area contributed by atoms with Gasteiger partial charge in [-0.1, -0.05) is 5.16 Å². The van der Waals surface area contributed by atoms with Crippen molar-refractivity contribution in [3.63, 3.8) is 0 Å². The molecule has 3 aliphatic rings. The third-order valence-electron chi connectivity index (χ3n) is 7.58. The van der Waals surface area contributed by atoms with E-state index in [0.29, 0.717) is 30.2 Å². The van der Waals surface area contributed by atoms with Crippen LogP contribution in [0.5, 0.6) is 0 Å². The highest BCUT2D eigenvalue weighted by atomic mass is 19.3. The van der Waals surface area contributed by atoms with Gasteiger partial charge < -0.3 is 15.4 Å². The number of carbonyl (C=O) groups excluding carboxylic acids is 2. The zero-order chi connectivity index (χ0) is 26.3. The molecule has 1 unspecified atom stereocenters. The van der Waals surface area contributed by atoms with Gasteiger partial charge in [-0.25, -0.2) is 22.9 Å². The van der Waals surface area contributed by atoms with Crippen LogP contribution in [0, 0.1) is 11.8 Å². The maximum Gasteiger partial charge on any atom is 0.275 e. The smallest absolute Gasteiger partial charge is 0.275 e. The molecule has 0 bridgehead atoms. The van der Waals surface area contributed by atoms with E-state index in [1.807, 2.05) is 6.07 Å². The van der Waals surface area contributed by atoms with Crippen molar-refractivity contribution >= 4 is 17.5 Å². The Labute approximate surface area is 216 Å². The predicted molar refractivity (Wildman–Crippen MR) is 127 cm³/mol. The zero-order valence-electron chi connectivity index (χ0n) is 20.7. The van der Waals surface area contributed by atoms with Crippen LogP contribution >= 0.6 is 0 Å². The summed E-state index contributed by atoms with van der Waals surface area (Å²) >= 11 is 0. The summed E-state index contributed by atoms with van der Waals surface area (Å²) in [5.74, 6) is -3.18. The first-order chi connectivity index (χ1) is 18.3. The first-order valence-corrected chi connectivity index (χ1v) is 13.0. The molecule has 3 fully saturated rings. The Bertz CT molecular complexity index is 1320. The number of amides is 2. The number of halogens is 2. The fraction of sp³-hybridized carbons (Fsp3) is 0.600. The van der Waals surface area contributed by atoms with E-state index in [1.165, 1.54) is 0 Å². The average molecular weight is 530 g/mol. The number of alkyl halides is 2. The molecule has 3 aromatic heterocycles. The molecule has 0 radical (unpaired) electrons. The summed E-state index contributed by atoms with van der Waals surface area (Å²) in [6, 6.07) is 1.54. The van der Waals surface area contributed by atoms with Crippen LogP contribution in [0.4, 0.5) is 8.78 Å². The molecule has 1 aliphatic heterocycles. The Morgan fingerprint density at radius 1 is 1.16 bits per heavy atom. The quantitative estimate of drug-likeness (QED) is 0.432. The zero-order valence-corrected chi connectivity index (χ0v) is 20.7. The molecule has 1 saturated heterocycles. The lowest BCUT2D eigenvalue weighted by Crippen LogP contribution is -2.41. The molecule has 3 aromatic rings. The lowest BCUT2D eigenvalue weighted by molar-refractivity contribution is -0.134. The molecule has 6 rings (SSSR count). The molecule has 1 atom stereocenters. The van der Waals surface area contributed by atoms with Gasteiger partial charge >= 0.3 is 0 Å². The van der Waals surface area contributed by atoms with Gasteiger partial charge in [0.05, 0.1) is 30.7 Å². The molecular weight excluding hydrogens is 500 g/mol. The fourth-order valence-corrected chi connectivity index (χ4v) is 5.37. The van der Waals surface area contributed by atoms with Crippen LogP contribution in [0.2, 0.25) is 0 Å². The van der Waals surface area contributed by atoms with Crippen LogP contribution in [0.25, 0.3) is 5.65 Å². The highest BCUT2D eigenvalue weighted by Gasteiger charge is 2.46. The lowest BCUT2D eigenvalue weighted by Gasteiger charge is -2.35. The number of hydrogen-bond donors (Lipinski definition) is 2. The number of fused-ring (bicyclic) bond motifs is 1. The summed E-state index contributed by atoms with van der Waals surface area (Å²) in [5.41, 5.74) is 2.76. The van der Waals surface area contributed by atoms with Crippen LogP contribution in [-0.4, -0.2) is 55.9 Å². The van der Waals surface area contributed by atoms with E-state index < -0.39 is 5.92 Å². The Hall–Kier alpha value is -3.48. The highest BCUT2D eigenvalue weighted by molar-refractivity contribution is 5.93. The summed E-state index contributed by atoms with van der Waals surface area (Å²) in [6.07, 6.45) is 6.51. The second-order valence-corrected chi connectivity index (χ2v) is 10.6. The topological polar surface area (TPSA) is 137 Å². The van der Waals surface area contributed by atoms with Crippen molar-refractivity contribution in [1.82, 2.24) is 35.5 Å². The minimum atomic E-state index is -2.65. The van der Waals surface area contributed by atoms with Crippen LogP contribution in [0.1, 0.15) is 84.3 Å². The number of aromatic nitrogens is 5. The second kappa shape index (κ2) is 10.0. The number of carbonyl (C=O) groups is 2. The Morgan fingerprint density at radius 3 is 2.68 bits per heavy atom. The Kier molecular flexibility index (Phi) is 6.54. The van der Waals surface area contributed by atoms with Gasteiger partial charge in [-0.15, -0.1) is 0 Å². The molecule has 13 heteroatoms. The number of nitrogens with zero attached hydrogens (tertiary/aromatic N) is 5. The molecular formula is C25H29F2N7O4. The molecule has 38 heavy (non-hydrogen) atoms. The van der Waals surface area contributed by atoms with Crippen LogP contribution in [0.15, 0.2) is 23.1 Å². The number of nitrogens with one attached hydrogen (secondary N) is 2. The van der Waals surface area contributed by atoms with E-state index >= 15 is 0 Å². The van der Waals surface area contributed by atoms with Crippen molar-refractivity contribution in [2.75, 3.05) is 13.2 Å². The first-order valence-electron chi connectivity index (χ1n) is 13.0. The van der Waals surface area contributed by atoms with E-state index in [-0.39, 0.29) is 67.1 Å².